The minimum Gasteiger partial charge on any atom is -0.350 e. The van der Waals surface area contributed by atoms with Gasteiger partial charge in [0.05, 0.1) is 0 Å². The van der Waals surface area contributed by atoms with E-state index in [4.69, 9.17) is 11.6 Å². The second-order valence-corrected chi connectivity index (χ2v) is 6.00. The van der Waals surface area contributed by atoms with Gasteiger partial charge in [-0.2, -0.15) is 0 Å². The van der Waals surface area contributed by atoms with Crippen LogP contribution in [0, 0.1) is 0 Å². The minimum atomic E-state index is -0.165. The van der Waals surface area contributed by atoms with E-state index in [1.165, 1.54) is 0 Å². The summed E-state index contributed by atoms with van der Waals surface area (Å²) in [5, 5.41) is 3.79. The number of nitrogens with zero attached hydrogens (tertiary/aromatic N) is 3. The molecule has 0 saturated heterocycles. The molecule has 3 rings (SSSR count). The molecule has 0 unspecified atom stereocenters. The third kappa shape index (κ3) is 4.18. The number of carbonyl (C=O) groups is 1. The van der Waals surface area contributed by atoms with Crippen molar-refractivity contribution in [2.75, 3.05) is 16.8 Å². The number of benzene rings is 2. The standard InChI is InChI=1S/C20H19ClN4O/c1-2-25(16-9-4-3-5-10-16)19(26)18-12-13-22-20(24-18)23-14-15-8-6-7-11-17(15)21/h3-13H,2,14H2,1H3,(H,22,23,24). The van der Waals surface area contributed by atoms with Gasteiger partial charge in [0, 0.05) is 30.0 Å². The number of rotatable bonds is 6. The maximum absolute atomic E-state index is 12.8. The molecule has 0 bridgehead atoms. The smallest absolute Gasteiger partial charge is 0.277 e. The zero-order valence-corrected chi connectivity index (χ0v) is 15.1. The second-order valence-electron chi connectivity index (χ2n) is 5.60. The van der Waals surface area contributed by atoms with Crippen molar-refractivity contribution in [2.24, 2.45) is 0 Å². The molecule has 1 amide bonds. The Morgan fingerprint density at radius 1 is 1.08 bits per heavy atom. The molecule has 0 radical (unpaired) electrons. The summed E-state index contributed by atoms with van der Waals surface area (Å²) in [6.45, 7) is 2.96. The fourth-order valence-corrected chi connectivity index (χ4v) is 2.77. The monoisotopic (exact) mass is 366 g/mol. The number of anilines is 2. The zero-order chi connectivity index (χ0) is 18.4. The molecule has 0 aliphatic heterocycles. The zero-order valence-electron chi connectivity index (χ0n) is 14.4. The second kappa shape index (κ2) is 8.45. The van der Waals surface area contributed by atoms with E-state index in [2.05, 4.69) is 15.3 Å². The van der Waals surface area contributed by atoms with Crippen molar-refractivity contribution >= 4 is 29.1 Å². The minimum absolute atomic E-state index is 0.165. The molecule has 0 aliphatic rings. The lowest BCUT2D eigenvalue weighted by molar-refractivity contribution is 0.0983. The van der Waals surface area contributed by atoms with Crippen LogP contribution in [0.1, 0.15) is 23.0 Å². The highest BCUT2D eigenvalue weighted by atomic mass is 35.5. The predicted molar refractivity (Wildman–Crippen MR) is 105 cm³/mol. The Morgan fingerprint density at radius 3 is 2.54 bits per heavy atom. The third-order valence-electron chi connectivity index (χ3n) is 3.90. The Morgan fingerprint density at radius 2 is 1.81 bits per heavy atom. The summed E-state index contributed by atoms with van der Waals surface area (Å²) in [6.07, 6.45) is 1.58. The molecular weight excluding hydrogens is 348 g/mol. The van der Waals surface area contributed by atoms with Gasteiger partial charge < -0.3 is 10.2 Å². The number of para-hydroxylation sites is 1. The number of aromatic nitrogens is 2. The first-order valence-corrected chi connectivity index (χ1v) is 8.74. The molecule has 0 fully saturated rings. The van der Waals surface area contributed by atoms with Crippen LogP contribution in [0.15, 0.2) is 66.9 Å². The van der Waals surface area contributed by atoms with Crippen molar-refractivity contribution < 1.29 is 4.79 Å². The van der Waals surface area contributed by atoms with Gasteiger partial charge in [-0.05, 0) is 36.8 Å². The van der Waals surface area contributed by atoms with Gasteiger partial charge in [-0.3, -0.25) is 4.79 Å². The van der Waals surface area contributed by atoms with E-state index in [0.29, 0.717) is 29.8 Å². The largest absolute Gasteiger partial charge is 0.350 e. The van der Waals surface area contributed by atoms with Crippen molar-refractivity contribution in [1.29, 1.82) is 0 Å². The number of hydrogen-bond acceptors (Lipinski definition) is 4. The van der Waals surface area contributed by atoms with E-state index in [-0.39, 0.29) is 5.91 Å². The molecule has 132 valence electrons. The molecule has 1 heterocycles. The first-order chi connectivity index (χ1) is 12.7. The lowest BCUT2D eigenvalue weighted by Crippen LogP contribution is -2.31. The first-order valence-electron chi connectivity index (χ1n) is 8.36. The molecule has 0 spiro atoms. The van der Waals surface area contributed by atoms with Crippen LogP contribution in [0.4, 0.5) is 11.6 Å². The Kier molecular flexibility index (Phi) is 5.81. The van der Waals surface area contributed by atoms with Gasteiger partial charge in [0.15, 0.2) is 0 Å². The molecule has 26 heavy (non-hydrogen) atoms. The molecule has 0 saturated carbocycles. The maximum atomic E-state index is 12.8. The van der Waals surface area contributed by atoms with Gasteiger partial charge >= 0.3 is 0 Å². The fourth-order valence-electron chi connectivity index (χ4n) is 2.57. The van der Waals surface area contributed by atoms with Crippen LogP contribution < -0.4 is 10.2 Å². The van der Waals surface area contributed by atoms with E-state index in [0.717, 1.165) is 11.3 Å². The highest BCUT2D eigenvalue weighted by Gasteiger charge is 2.17. The summed E-state index contributed by atoms with van der Waals surface area (Å²) in [4.78, 5) is 23.1. The van der Waals surface area contributed by atoms with Crippen LogP contribution in [-0.2, 0) is 6.54 Å². The van der Waals surface area contributed by atoms with Gasteiger partial charge in [0.2, 0.25) is 5.95 Å². The lowest BCUT2D eigenvalue weighted by atomic mass is 10.2. The molecule has 6 heteroatoms. The van der Waals surface area contributed by atoms with Crippen molar-refractivity contribution in [2.45, 2.75) is 13.5 Å². The van der Waals surface area contributed by atoms with Crippen LogP contribution in [0.5, 0.6) is 0 Å². The normalized spacial score (nSPS) is 10.4. The quantitative estimate of drug-likeness (QED) is 0.702. The summed E-state index contributed by atoms with van der Waals surface area (Å²) < 4.78 is 0. The number of nitrogens with one attached hydrogen (secondary N) is 1. The number of hydrogen-bond donors (Lipinski definition) is 1. The Labute approximate surface area is 157 Å². The van der Waals surface area contributed by atoms with Crippen LogP contribution >= 0.6 is 11.6 Å². The molecule has 1 aromatic heterocycles. The number of amides is 1. The topological polar surface area (TPSA) is 58.1 Å². The third-order valence-corrected chi connectivity index (χ3v) is 4.27. The molecule has 0 aliphatic carbocycles. The van der Waals surface area contributed by atoms with E-state index in [1.54, 1.807) is 17.2 Å². The number of halogens is 1. The molecule has 2 aromatic carbocycles. The number of carbonyl (C=O) groups excluding carboxylic acids is 1. The average Bonchev–Trinajstić information content (AvgIpc) is 2.69. The average molecular weight is 367 g/mol. The highest BCUT2D eigenvalue weighted by molar-refractivity contribution is 6.31. The van der Waals surface area contributed by atoms with Crippen molar-refractivity contribution in [3.05, 3.63) is 83.1 Å². The summed E-state index contributed by atoms with van der Waals surface area (Å²) in [5.41, 5.74) is 2.12. The first kappa shape index (κ1) is 17.9. The summed E-state index contributed by atoms with van der Waals surface area (Å²) in [6, 6.07) is 18.7. The molecule has 1 N–H and O–H groups in total. The summed E-state index contributed by atoms with van der Waals surface area (Å²) in [5.74, 6) is 0.224. The molecular formula is C20H19ClN4O. The van der Waals surface area contributed by atoms with Gasteiger partial charge in [-0.15, -0.1) is 0 Å². The van der Waals surface area contributed by atoms with E-state index in [1.807, 2.05) is 61.5 Å². The Hall–Kier alpha value is -2.92. The SMILES string of the molecule is CCN(C(=O)c1ccnc(NCc2ccccc2Cl)n1)c1ccccc1. The van der Waals surface area contributed by atoms with Crippen LogP contribution in [0.2, 0.25) is 5.02 Å². The van der Waals surface area contributed by atoms with Gasteiger partial charge in [0.1, 0.15) is 5.69 Å². The maximum Gasteiger partial charge on any atom is 0.277 e. The Bertz CT molecular complexity index is 886. The summed E-state index contributed by atoms with van der Waals surface area (Å²) in [7, 11) is 0. The van der Waals surface area contributed by atoms with Crippen LogP contribution in [-0.4, -0.2) is 22.4 Å². The van der Waals surface area contributed by atoms with Crippen LogP contribution in [0.25, 0.3) is 0 Å². The van der Waals surface area contributed by atoms with E-state index in [9.17, 15) is 4.79 Å². The summed E-state index contributed by atoms with van der Waals surface area (Å²) >= 11 is 6.16. The van der Waals surface area contributed by atoms with Crippen molar-refractivity contribution in [3.63, 3.8) is 0 Å². The molecule has 3 aromatic rings. The predicted octanol–water partition coefficient (Wildman–Crippen LogP) is 4.41. The molecule has 5 nitrogen and oxygen atoms in total. The van der Waals surface area contributed by atoms with Crippen LogP contribution in [0.3, 0.4) is 0 Å². The van der Waals surface area contributed by atoms with E-state index < -0.39 is 0 Å². The lowest BCUT2D eigenvalue weighted by Gasteiger charge is -2.20. The fraction of sp³-hybridized carbons (Fsp3) is 0.150. The van der Waals surface area contributed by atoms with Crippen molar-refractivity contribution in [3.8, 4) is 0 Å². The highest BCUT2D eigenvalue weighted by Crippen LogP contribution is 2.18. The van der Waals surface area contributed by atoms with Crippen molar-refractivity contribution in [1.82, 2.24) is 9.97 Å². The van der Waals surface area contributed by atoms with Gasteiger partial charge in [-0.25, -0.2) is 9.97 Å². The molecule has 0 atom stereocenters. The van der Waals surface area contributed by atoms with E-state index >= 15 is 0 Å². The Balaban J connectivity index is 1.76. The van der Waals surface area contributed by atoms with Gasteiger partial charge in [-0.1, -0.05) is 48.0 Å². The van der Waals surface area contributed by atoms with Gasteiger partial charge in [0.25, 0.3) is 5.91 Å².